The van der Waals surface area contributed by atoms with Crippen molar-refractivity contribution in [3.63, 3.8) is 0 Å². The molecule has 34 heavy (non-hydrogen) atoms. The number of nitrogens with one attached hydrogen (secondary N) is 2. The number of carbonyl (C=O) groups is 1. The van der Waals surface area contributed by atoms with Crippen LogP contribution >= 0.6 is 22.9 Å². The fourth-order valence-corrected chi connectivity index (χ4v) is 5.11. The minimum atomic E-state index is -4.01. The summed E-state index contributed by atoms with van der Waals surface area (Å²) < 4.78 is 33.9. The number of benzene rings is 1. The Labute approximate surface area is 204 Å². The minimum Gasteiger partial charge on any atom is -0.439 e. The summed E-state index contributed by atoms with van der Waals surface area (Å²) in [7, 11) is -4.01. The number of anilines is 2. The van der Waals surface area contributed by atoms with Crippen molar-refractivity contribution < 1.29 is 17.9 Å². The molecule has 1 aromatic carbocycles. The van der Waals surface area contributed by atoms with Crippen molar-refractivity contribution in [3.8, 4) is 22.1 Å². The maximum absolute atomic E-state index is 12.9. The zero-order valence-corrected chi connectivity index (χ0v) is 20.3. The Morgan fingerprint density at radius 3 is 2.53 bits per heavy atom. The third kappa shape index (κ3) is 5.50. The third-order valence-corrected chi connectivity index (χ3v) is 7.18. The molecule has 0 aliphatic heterocycles. The van der Waals surface area contributed by atoms with E-state index in [1.54, 1.807) is 25.1 Å². The number of rotatable bonds is 7. The van der Waals surface area contributed by atoms with Gasteiger partial charge in [-0.1, -0.05) is 41.1 Å². The first-order valence-electron chi connectivity index (χ1n) is 9.84. The monoisotopic (exact) mass is 515 g/mol. The molecule has 0 fully saturated rings. The van der Waals surface area contributed by atoms with Gasteiger partial charge in [0.2, 0.25) is 11.8 Å². The fourth-order valence-electron chi connectivity index (χ4n) is 2.91. The number of para-hydroxylation sites is 1. The largest absolute Gasteiger partial charge is 0.439 e. The third-order valence-electron chi connectivity index (χ3n) is 4.41. The summed E-state index contributed by atoms with van der Waals surface area (Å²) in [6.45, 7) is 3.17. The van der Waals surface area contributed by atoms with E-state index in [0.29, 0.717) is 22.1 Å². The molecule has 0 aliphatic rings. The van der Waals surface area contributed by atoms with E-state index in [1.165, 1.54) is 42.8 Å². The second-order valence-electron chi connectivity index (χ2n) is 7.03. The van der Waals surface area contributed by atoms with Gasteiger partial charge in [0.25, 0.3) is 10.0 Å². The SMILES string of the molecule is CC(=O)Nc1nc(C)c(-c2cnc(Cl)c(NS(=O)(=O)c3ccc(Oc4ccccc4)nc3)c2)s1. The van der Waals surface area contributed by atoms with Gasteiger partial charge in [-0.15, -0.1) is 0 Å². The Morgan fingerprint density at radius 2 is 1.85 bits per heavy atom. The maximum Gasteiger partial charge on any atom is 0.263 e. The topological polar surface area (TPSA) is 123 Å². The van der Waals surface area contributed by atoms with Crippen LogP contribution in [0.3, 0.4) is 0 Å². The number of amides is 1. The summed E-state index contributed by atoms with van der Waals surface area (Å²) in [5.41, 5.74) is 1.35. The highest BCUT2D eigenvalue weighted by Gasteiger charge is 2.19. The summed E-state index contributed by atoms with van der Waals surface area (Å²) in [5.74, 6) is 0.595. The summed E-state index contributed by atoms with van der Waals surface area (Å²) in [6.07, 6.45) is 2.70. The van der Waals surface area contributed by atoms with Crippen molar-refractivity contribution in [2.24, 2.45) is 0 Å². The molecular formula is C22H18ClN5O4S2. The molecule has 12 heteroatoms. The lowest BCUT2D eigenvalue weighted by Crippen LogP contribution is -2.14. The van der Waals surface area contributed by atoms with E-state index in [9.17, 15) is 13.2 Å². The number of aromatic nitrogens is 3. The van der Waals surface area contributed by atoms with Crippen molar-refractivity contribution in [2.75, 3.05) is 10.0 Å². The van der Waals surface area contributed by atoms with Gasteiger partial charge in [0.1, 0.15) is 10.6 Å². The molecule has 4 aromatic rings. The zero-order valence-electron chi connectivity index (χ0n) is 17.9. The number of aryl methyl sites for hydroxylation is 1. The number of sulfonamides is 1. The van der Waals surface area contributed by atoms with Crippen LogP contribution in [0.4, 0.5) is 10.8 Å². The van der Waals surface area contributed by atoms with Gasteiger partial charge in [0.15, 0.2) is 10.3 Å². The molecule has 0 atom stereocenters. The van der Waals surface area contributed by atoms with Gasteiger partial charge in [-0.2, -0.15) is 0 Å². The number of hydrogen-bond donors (Lipinski definition) is 2. The Hall–Kier alpha value is -3.54. The fraction of sp³-hybridized carbons (Fsp3) is 0.0909. The van der Waals surface area contributed by atoms with Crippen molar-refractivity contribution in [2.45, 2.75) is 18.7 Å². The van der Waals surface area contributed by atoms with Crippen LogP contribution in [0.2, 0.25) is 5.15 Å². The van der Waals surface area contributed by atoms with Gasteiger partial charge in [-0.05, 0) is 31.2 Å². The second-order valence-corrected chi connectivity index (χ2v) is 10.1. The van der Waals surface area contributed by atoms with Gasteiger partial charge in [-0.25, -0.2) is 23.4 Å². The zero-order chi connectivity index (χ0) is 24.3. The molecule has 3 heterocycles. The molecule has 174 valence electrons. The number of carbonyl (C=O) groups excluding carboxylic acids is 1. The smallest absolute Gasteiger partial charge is 0.263 e. The standard InChI is InChI=1S/C22H18ClN5O4S2/c1-13-20(33-22(26-13)27-14(2)29)15-10-18(21(23)25-11-15)28-34(30,31)17-8-9-19(24-12-17)32-16-6-4-3-5-7-16/h3-12,28H,1-2H3,(H,26,27,29). The van der Waals surface area contributed by atoms with Crippen molar-refractivity contribution in [3.05, 3.63) is 71.8 Å². The van der Waals surface area contributed by atoms with E-state index >= 15 is 0 Å². The maximum atomic E-state index is 12.9. The van der Waals surface area contributed by atoms with Crippen molar-refractivity contribution >= 4 is 49.7 Å². The van der Waals surface area contributed by atoms with Gasteiger partial charge < -0.3 is 10.1 Å². The quantitative estimate of drug-likeness (QED) is 0.327. The van der Waals surface area contributed by atoms with Gasteiger partial charge in [0.05, 0.1) is 22.5 Å². The molecular weight excluding hydrogens is 498 g/mol. The lowest BCUT2D eigenvalue weighted by molar-refractivity contribution is -0.114. The summed E-state index contributed by atoms with van der Waals surface area (Å²) in [6, 6.07) is 13.4. The van der Waals surface area contributed by atoms with Crippen molar-refractivity contribution in [1.29, 1.82) is 0 Å². The van der Waals surface area contributed by atoms with E-state index in [1.807, 2.05) is 18.2 Å². The van der Waals surface area contributed by atoms with Crippen LogP contribution in [0.15, 0.2) is 65.8 Å². The van der Waals surface area contributed by atoms with E-state index in [0.717, 1.165) is 4.88 Å². The summed E-state index contributed by atoms with van der Waals surface area (Å²) in [5, 5.41) is 3.05. The molecule has 0 saturated carbocycles. The first-order valence-corrected chi connectivity index (χ1v) is 12.5. The van der Waals surface area contributed by atoms with Gasteiger partial charge >= 0.3 is 0 Å². The van der Waals surface area contributed by atoms with Crippen LogP contribution in [0.5, 0.6) is 11.6 Å². The number of hydrogen-bond acceptors (Lipinski definition) is 8. The normalized spacial score (nSPS) is 11.1. The Balaban J connectivity index is 1.56. The van der Waals surface area contributed by atoms with Crippen LogP contribution in [0.25, 0.3) is 10.4 Å². The van der Waals surface area contributed by atoms with E-state index in [-0.39, 0.29) is 27.5 Å². The second kappa shape index (κ2) is 9.75. The van der Waals surface area contributed by atoms with Gasteiger partial charge in [0, 0.05) is 24.8 Å². The Morgan fingerprint density at radius 1 is 1.09 bits per heavy atom. The molecule has 0 unspecified atom stereocenters. The van der Waals surface area contributed by atoms with Crippen molar-refractivity contribution in [1.82, 2.24) is 15.0 Å². The summed E-state index contributed by atoms with van der Waals surface area (Å²) in [4.78, 5) is 24.4. The van der Waals surface area contributed by atoms with Crippen LogP contribution < -0.4 is 14.8 Å². The number of ether oxygens (including phenoxy) is 1. The van der Waals surface area contributed by atoms with Crippen LogP contribution in [0.1, 0.15) is 12.6 Å². The van der Waals surface area contributed by atoms with E-state index < -0.39 is 10.0 Å². The number of thiazole rings is 1. The predicted octanol–water partition coefficient (Wildman–Crippen LogP) is 5.11. The molecule has 3 aromatic heterocycles. The first-order chi connectivity index (χ1) is 16.2. The molecule has 4 rings (SSSR count). The minimum absolute atomic E-state index is 0.0198. The molecule has 0 saturated heterocycles. The highest BCUT2D eigenvalue weighted by Crippen LogP contribution is 2.35. The average Bonchev–Trinajstić information content (AvgIpc) is 3.15. The molecule has 0 spiro atoms. The lowest BCUT2D eigenvalue weighted by Gasteiger charge is -2.11. The van der Waals surface area contributed by atoms with E-state index in [4.69, 9.17) is 16.3 Å². The number of nitrogens with zero attached hydrogens (tertiary/aromatic N) is 3. The lowest BCUT2D eigenvalue weighted by atomic mass is 10.2. The molecule has 0 aliphatic carbocycles. The molecule has 9 nitrogen and oxygen atoms in total. The number of pyridine rings is 2. The van der Waals surface area contributed by atoms with Gasteiger partial charge in [-0.3, -0.25) is 9.52 Å². The Bertz CT molecular complexity index is 1440. The summed E-state index contributed by atoms with van der Waals surface area (Å²) >= 11 is 7.41. The number of halogens is 1. The molecule has 0 bridgehead atoms. The van der Waals surface area contributed by atoms with Crippen LogP contribution in [-0.2, 0) is 14.8 Å². The molecule has 0 radical (unpaired) electrons. The average molecular weight is 516 g/mol. The molecule has 1 amide bonds. The highest BCUT2D eigenvalue weighted by atomic mass is 35.5. The van der Waals surface area contributed by atoms with E-state index in [2.05, 4.69) is 25.0 Å². The molecule has 2 N–H and O–H groups in total. The predicted molar refractivity (Wildman–Crippen MR) is 131 cm³/mol. The first kappa shape index (κ1) is 23.6. The Kier molecular flexibility index (Phi) is 6.77. The van der Waals surface area contributed by atoms with Crippen LogP contribution in [-0.4, -0.2) is 29.3 Å². The van der Waals surface area contributed by atoms with Crippen LogP contribution in [0, 0.1) is 6.92 Å². The highest BCUT2D eigenvalue weighted by molar-refractivity contribution is 7.92.